The van der Waals surface area contributed by atoms with Crippen LogP contribution in [0.1, 0.15) is 40.7 Å². The highest BCUT2D eigenvalue weighted by Gasteiger charge is 2.22. The Morgan fingerprint density at radius 1 is 1.12 bits per heavy atom. The number of nitrogens with zero attached hydrogens (tertiary/aromatic N) is 3. The van der Waals surface area contributed by atoms with Crippen LogP contribution in [0.4, 0.5) is 26.0 Å². The number of piperazine rings is 1. The zero-order valence-corrected chi connectivity index (χ0v) is 23.1. The number of hydrogen-bond donors (Lipinski definition) is 4. The average Bonchev–Trinajstić information content (AvgIpc) is 2.94. The Labute approximate surface area is 238 Å². The van der Waals surface area contributed by atoms with E-state index in [-0.39, 0.29) is 29.7 Å². The molecule has 0 unspecified atom stereocenters. The fourth-order valence-electron chi connectivity index (χ4n) is 5.16. The van der Waals surface area contributed by atoms with E-state index in [0.717, 1.165) is 50.8 Å². The summed E-state index contributed by atoms with van der Waals surface area (Å²) in [6.45, 7) is 5.04. The summed E-state index contributed by atoms with van der Waals surface area (Å²) in [5, 5.41) is 14.8. The molecule has 1 aliphatic carbocycles. The molecule has 0 saturated carbocycles. The van der Waals surface area contributed by atoms with Gasteiger partial charge in [0.15, 0.2) is 0 Å². The van der Waals surface area contributed by atoms with Crippen LogP contribution in [-0.2, 0) is 4.74 Å². The van der Waals surface area contributed by atoms with Gasteiger partial charge in [-0.25, -0.2) is 13.8 Å². The maximum Gasteiger partial charge on any atom is 0.258 e. The van der Waals surface area contributed by atoms with Gasteiger partial charge in [0.1, 0.15) is 23.3 Å². The van der Waals surface area contributed by atoms with E-state index in [4.69, 9.17) is 15.9 Å². The van der Waals surface area contributed by atoms with E-state index in [0.29, 0.717) is 35.6 Å². The average molecular weight is 564 g/mol. The van der Waals surface area contributed by atoms with Crippen molar-refractivity contribution in [3.8, 4) is 0 Å². The van der Waals surface area contributed by atoms with E-state index in [1.165, 1.54) is 12.3 Å². The number of halogens is 2. The van der Waals surface area contributed by atoms with E-state index in [1.807, 2.05) is 12.1 Å². The summed E-state index contributed by atoms with van der Waals surface area (Å²) >= 11 is 0. The smallest absolute Gasteiger partial charge is 0.258 e. The van der Waals surface area contributed by atoms with Crippen molar-refractivity contribution in [3.63, 3.8) is 0 Å². The van der Waals surface area contributed by atoms with Crippen LogP contribution in [0, 0.1) is 5.41 Å². The number of pyridine rings is 1. The molecule has 216 valence electrons. The van der Waals surface area contributed by atoms with E-state index in [9.17, 15) is 13.6 Å². The number of allylic oxidation sites excluding steroid dienone is 5. The number of nitrogens with one attached hydrogen (secondary N) is 3. The largest absolute Gasteiger partial charge is 0.383 e. The monoisotopic (exact) mass is 563 g/mol. The molecule has 5 rings (SSSR count). The molecule has 11 heteroatoms. The molecule has 0 radical (unpaired) electrons. The molecule has 2 aliphatic heterocycles. The number of amidine groups is 1. The number of amides is 1. The summed E-state index contributed by atoms with van der Waals surface area (Å²) in [7, 11) is 2.11. The molecule has 3 aliphatic rings. The van der Waals surface area contributed by atoms with Crippen LogP contribution in [0.3, 0.4) is 0 Å². The lowest BCUT2D eigenvalue weighted by Gasteiger charge is -2.34. The van der Waals surface area contributed by atoms with Crippen LogP contribution in [0.15, 0.2) is 59.8 Å². The number of nitrogen functional groups attached to an aromatic ring is 1. The first-order valence-corrected chi connectivity index (χ1v) is 13.8. The van der Waals surface area contributed by atoms with Crippen LogP contribution < -0.4 is 21.3 Å². The number of rotatable bonds is 6. The maximum absolute atomic E-state index is 13.7. The predicted molar refractivity (Wildman–Crippen MR) is 158 cm³/mol. The van der Waals surface area contributed by atoms with Gasteiger partial charge >= 0.3 is 0 Å². The first-order chi connectivity index (χ1) is 19.7. The highest BCUT2D eigenvalue weighted by molar-refractivity contribution is 6.15. The van der Waals surface area contributed by atoms with Crippen LogP contribution in [0.2, 0.25) is 0 Å². The Morgan fingerprint density at radius 3 is 2.61 bits per heavy atom. The number of anilines is 3. The Bertz CT molecular complexity index is 1410. The van der Waals surface area contributed by atoms with E-state index < -0.39 is 17.6 Å². The van der Waals surface area contributed by atoms with Crippen molar-refractivity contribution in [3.05, 3.63) is 76.5 Å². The van der Waals surface area contributed by atoms with Gasteiger partial charge in [-0.15, -0.1) is 0 Å². The number of nitrogens with two attached hydrogens (primary N) is 1. The van der Waals surface area contributed by atoms with E-state index in [2.05, 4.69) is 32.5 Å². The maximum atomic E-state index is 13.7. The van der Waals surface area contributed by atoms with Gasteiger partial charge in [0.2, 0.25) is 0 Å². The lowest BCUT2D eigenvalue weighted by atomic mass is 10.0. The molecular formula is C30H35F2N7O2. The molecule has 0 bridgehead atoms. The lowest BCUT2D eigenvalue weighted by molar-refractivity contribution is 0.0904. The van der Waals surface area contributed by atoms with Gasteiger partial charge in [-0.3, -0.25) is 10.2 Å². The number of benzene rings is 1. The topological polar surface area (TPSA) is 120 Å². The molecule has 0 spiro atoms. The van der Waals surface area contributed by atoms with Gasteiger partial charge in [-0.05, 0) is 67.4 Å². The fourth-order valence-corrected chi connectivity index (χ4v) is 5.16. The van der Waals surface area contributed by atoms with Gasteiger partial charge in [-0.1, -0.05) is 0 Å². The van der Waals surface area contributed by atoms with Gasteiger partial charge in [0, 0.05) is 75.5 Å². The van der Waals surface area contributed by atoms with Gasteiger partial charge in [0.05, 0.1) is 11.1 Å². The molecule has 1 amide bonds. The molecule has 2 aromatic rings. The van der Waals surface area contributed by atoms with Crippen molar-refractivity contribution in [1.29, 1.82) is 5.41 Å². The standard InChI is InChI=1S/C30H35F2N7O2/c1-38-6-8-39(9-7-38)24-2-3-25(27(17-24)36-23-4-10-41-11-5-23)30(40)37-29(34)26-15-20(18-35-28(26)33)12-19-13-21(31)16-22(32)14-19/h2-3,12-13,15-18,23,36H,4-11,14H2,1H3,(H2,33,35)(H2,34,37,40)/b19-12+. The molecule has 1 aromatic heterocycles. The number of ether oxygens (including phenoxy) is 1. The van der Waals surface area contributed by atoms with Crippen molar-refractivity contribution in [2.45, 2.75) is 25.3 Å². The molecule has 0 atom stereocenters. The third-order valence-electron chi connectivity index (χ3n) is 7.49. The van der Waals surface area contributed by atoms with Gasteiger partial charge in [-0.2, -0.15) is 0 Å². The number of hydrogen-bond acceptors (Lipinski definition) is 8. The summed E-state index contributed by atoms with van der Waals surface area (Å²) < 4.78 is 32.9. The number of aromatic nitrogens is 1. The zero-order chi connectivity index (χ0) is 28.9. The van der Waals surface area contributed by atoms with Gasteiger partial charge in [0.25, 0.3) is 5.91 Å². The zero-order valence-electron chi connectivity index (χ0n) is 23.1. The molecule has 3 heterocycles. The third-order valence-corrected chi connectivity index (χ3v) is 7.49. The molecular weight excluding hydrogens is 528 g/mol. The molecule has 5 N–H and O–H groups in total. The highest BCUT2D eigenvalue weighted by atomic mass is 19.1. The van der Waals surface area contributed by atoms with E-state index >= 15 is 0 Å². The Balaban J connectivity index is 1.36. The summed E-state index contributed by atoms with van der Waals surface area (Å²) in [6.07, 6.45) is 6.73. The molecule has 9 nitrogen and oxygen atoms in total. The number of likely N-dealkylation sites (N-methyl/N-ethyl adjacent to an activating group) is 1. The lowest BCUT2D eigenvalue weighted by Crippen LogP contribution is -2.44. The summed E-state index contributed by atoms with van der Waals surface area (Å²) in [6, 6.07) is 7.46. The summed E-state index contributed by atoms with van der Waals surface area (Å²) in [5.41, 5.74) is 9.32. The van der Waals surface area contributed by atoms with Crippen molar-refractivity contribution in [1.82, 2.24) is 15.2 Å². The van der Waals surface area contributed by atoms with Crippen LogP contribution in [0.5, 0.6) is 0 Å². The minimum absolute atomic E-state index is 0.0473. The van der Waals surface area contributed by atoms with Crippen molar-refractivity contribution in [2.24, 2.45) is 0 Å². The number of carbonyl (C=O) groups is 1. The summed E-state index contributed by atoms with van der Waals surface area (Å²) in [5.74, 6) is -1.88. The fraction of sp³-hybridized carbons (Fsp3) is 0.367. The molecule has 2 saturated heterocycles. The highest BCUT2D eigenvalue weighted by Crippen LogP contribution is 2.28. The normalized spacial score (nSPS) is 19.5. The predicted octanol–water partition coefficient (Wildman–Crippen LogP) is 4.26. The first kappa shape index (κ1) is 28.4. The first-order valence-electron chi connectivity index (χ1n) is 13.8. The minimum atomic E-state index is -0.674. The van der Waals surface area contributed by atoms with Crippen molar-refractivity contribution in [2.75, 3.05) is 62.4 Å². The third kappa shape index (κ3) is 7.17. The Morgan fingerprint density at radius 2 is 1.88 bits per heavy atom. The van der Waals surface area contributed by atoms with Gasteiger partial charge < -0.3 is 30.9 Å². The quantitative estimate of drug-likeness (QED) is 0.306. The van der Waals surface area contributed by atoms with Crippen LogP contribution in [-0.4, -0.2) is 74.1 Å². The van der Waals surface area contributed by atoms with Crippen LogP contribution in [0.25, 0.3) is 6.08 Å². The van der Waals surface area contributed by atoms with Crippen LogP contribution >= 0.6 is 0 Å². The molecule has 2 fully saturated rings. The second kappa shape index (κ2) is 12.6. The number of carbonyl (C=O) groups excluding carboxylic acids is 1. The van der Waals surface area contributed by atoms with Crippen molar-refractivity contribution < 1.29 is 18.3 Å². The Kier molecular flexibility index (Phi) is 8.75. The second-order valence-electron chi connectivity index (χ2n) is 10.6. The summed E-state index contributed by atoms with van der Waals surface area (Å²) in [4.78, 5) is 22.2. The second-order valence-corrected chi connectivity index (χ2v) is 10.6. The Hall–Kier alpha value is -4.09. The van der Waals surface area contributed by atoms with Crippen molar-refractivity contribution >= 4 is 35.0 Å². The van der Waals surface area contributed by atoms with E-state index in [1.54, 1.807) is 18.2 Å². The molecule has 41 heavy (non-hydrogen) atoms. The SMILES string of the molecule is CN1CCN(c2ccc(C(=O)NC(=N)c3cc(/C=C4\C=C(F)C=C(F)C4)cnc3N)c(NC3CCOCC3)c2)CC1. The minimum Gasteiger partial charge on any atom is -0.383 e. The molecule has 1 aromatic carbocycles.